The number of likely N-dealkylation sites (tertiary alicyclic amines) is 1. The van der Waals surface area contributed by atoms with Crippen LogP contribution in [0.5, 0.6) is 5.75 Å². The van der Waals surface area contributed by atoms with Crippen molar-refractivity contribution < 1.29 is 14.1 Å². The Labute approximate surface area is 194 Å². The van der Waals surface area contributed by atoms with Crippen LogP contribution >= 0.6 is 0 Å². The largest absolute Gasteiger partial charge is 0.496 e. The first-order valence-electron chi connectivity index (χ1n) is 11.3. The van der Waals surface area contributed by atoms with E-state index in [9.17, 15) is 4.79 Å². The van der Waals surface area contributed by atoms with Crippen LogP contribution in [-0.2, 0) is 11.2 Å². The molecule has 3 aromatic rings. The van der Waals surface area contributed by atoms with Gasteiger partial charge in [0, 0.05) is 38.8 Å². The number of nitrogens with zero attached hydrogens (tertiary/aromatic N) is 5. The SMILES string of the molecule is COc1ccccc1CCC(=O)N1CCC[C@H]1c1nc(N(C)C)ncc1-c1onc(C)c1C. The Bertz CT molecular complexity index is 1140. The number of rotatable bonds is 7. The van der Waals surface area contributed by atoms with Gasteiger partial charge >= 0.3 is 0 Å². The number of anilines is 1. The molecule has 4 rings (SSSR count). The smallest absolute Gasteiger partial charge is 0.225 e. The normalized spacial score (nSPS) is 15.7. The molecule has 0 spiro atoms. The fourth-order valence-corrected chi connectivity index (χ4v) is 4.34. The zero-order valence-electron chi connectivity index (χ0n) is 20.0. The van der Waals surface area contributed by atoms with E-state index in [0.29, 0.717) is 31.1 Å². The summed E-state index contributed by atoms with van der Waals surface area (Å²) in [5.74, 6) is 2.20. The molecule has 33 heavy (non-hydrogen) atoms. The van der Waals surface area contributed by atoms with E-state index in [4.69, 9.17) is 14.2 Å². The lowest BCUT2D eigenvalue weighted by Crippen LogP contribution is -2.32. The van der Waals surface area contributed by atoms with Gasteiger partial charge in [-0.15, -0.1) is 0 Å². The third-order valence-electron chi connectivity index (χ3n) is 6.30. The van der Waals surface area contributed by atoms with Crippen molar-refractivity contribution in [3.8, 4) is 17.1 Å². The van der Waals surface area contributed by atoms with Gasteiger partial charge in [0.15, 0.2) is 5.76 Å². The highest BCUT2D eigenvalue weighted by molar-refractivity contribution is 5.78. The Kier molecular flexibility index (Phi) is 6.62. The van der Waals surface area contributed by atoms with Gasteiger partial charge in [0.2, 0.25) is 11.9 Å². The van der Waals surface area contributed by atoms with Gasteiger partial charge in [-0.05, 0) is 44.7 Å². The number of benzene rings is 1. The molecule has 0 N–H and O–H groups in total. The fraction of sp³-hybridized carbons (Fsp3) is 0.440. The number of hydrogen-bond acceptors (Lipinski definition) is 7. The van der Waals surface area contributed by atoms with Crippen molar-refractivity contribution in [2.45, 2.75) is 45.6 Å². The summed E-state index contributed by atoms with van der Waals surface area (Å²) in [5.41, 5.74) is 4.45. The summed E-state index contributed by atoms with van der Waals surface area (Å²) >= 11 is 0. The van der Waals surface area contributed by atoms with E-state index in [0.717, 1.165) is 46.7 Å². The lowest BCUT2D eigenvalue weighted by Gasteiger charge is -2.26. The highest BCUT2D eigenvalue weighted by Crippen LogP contribution is 2.39. The molecule has 2 aromatic heterocycles. The lowest BCUT2D eigenvalue weighted by molar-refractivity contribution is -0.132. The third-order valence-corrected chi connectivity index (χ3v) is 6.30. The molecule has 174 valence electrons. The van der Waals surface area contributed by atoms with E-state index in [1.54, 1.807) is 13.3 Å². The maximum absolute atomic E-state index is 13.3. The van der Waals surface area contributed by atoms with Crippen molar-refractivity contribution in [1.82, 2.24) is 20.0 Å². The molecular formula is C25H31N5O3. The van der Waals surface area contributed by atoms with Crippen molar-refractivity contribution in [2.75, 3.05) is 32.6 Å². The summed E-state index contributed by atoms with van der Waals surface area (Å²) < 4.78 is 11.1. The van der Waals surface area contributed by atoms with Crippen LogP contribution in [0.15, 0.2) is 35.0 Å². The van der Waals surface area contributed by atoms with Crippen molar-refractivity contribution in [2.24, 2.45) is 0 Å². The maximum atomic E-state index is 13.3. The van der Waals surface area contributed by atoms with Gasteiger partial charge in [-0.25, -0.2) is 9.97 Å². The Hall–Kier alpha value is -3.42. The highest BCUT2D eigenvalue weighted by atomic mass is 16.5. The van der Waals surface area contributed by atoms with Gasteiger partial charge in [-0.2, -0.15) is 0 Å². The molecule has 0 aliphatic carbocycles. The molecule has 0 radical (unpaired) electrons. The van der Waals surface area contributed by atoms with Gasteiger partial charge in [0.05, 0.1) is 30.1 Å². The molecule has 1 fully saturated rings. The Morgan fingerprint density at radius 1 is 1.27 bits per heavy atom. The molecule has 1 aliphatic heterocycles. The highest BCUT2D eigenvalue weighted by Gasteiger charge is 2.34. The molecule has 1 aliphatic rings. The molecule has 8 heteroatoms. The predicted octanol–water partition coefficient (Wildman–Crippen LogP) is 4.12. The quantitative estimate of drug-likeness (QED) is 0.536. The Balaban J connectivity index is 1.63. The zero-order chi connectivity index (χ0) is 23.5. The minimum atomic E-state index is -0.128. The second kappa shape index (κ2) is 9.60. The van der Waals surface area contributed by atoms with Crippen LogP contribution in [-0.4, -0.2) is 53.7 Å². The Morgan fingerprint density at radius 3 is 2.76 bits per heavy atom. The minimum Gasteiger partial charge on any atom is -0.496 e. The van der Waals surface area contributed by atoms with Crippen molar-refractivity contribution in [1.29, 1.82) is 0 Å². The summed E-state index contributed by atoms with van der Waals surface area (Å²) in [4.78, 5) is 26.5. The summed E-state index contributed by atoms with van der Waals surface area (Å²) in [7, 11) is 5.48. The maximum Gasteiger partial charge on any atom is 0.225 e. The summed E-state index contributed by atoms with van der Waals surface area (Å²) in [5, 5.41) is 4.12. The van der Waals surface area contributed by atoms with Gasteiger partial charge in [0.25, 0.3) is 0 Å². The summed E-state index contributed by atoms with van der Waals surface area (Å²) in [6.45, 7) is 4.61. The first kappa shape index (κ1) is 22.8. The molecule has 1 atom stereocenters. The molecule has 1 amide bonds. The molecule has 0 saturated carbocycles. The van der Waals surface area contributed by atoms with E-state index in [2.05, 4.69) is 10.1 Å². The van der Waals surface area contributed by atoms with Crippen molar-refractivity contribution in [3.63, 3.8) is 0 Å². The number of carbonyl (C=O) groups excluding carboxylic acids is 1. The number of hydrogen-bond donors (Lipinski definition) is 0. The monoisotopic (exact) mass is 449 g/mol. The van der Waals surface area contributed by atoms with Crippen LogP contribution in [0.2, 0.25) is 0 Å². The molecule has 8 nitrogen and oxygen atoms in total. The van der Waals surface area contributed by atoms with Gasteiger partial charge in [0.1, 0.15) is 5.75 Å². The average Bonchev–Trinajstić information content (AvgIpc) is 3.44. The summed E-state index contributed by atoms with van der Waals surface area (Å²) in [6, 6.07) is 7.72. The van der Waals surface area contributed by atoms with E-state index in [1.807, 2.05) is 62.0 Å². The molecule has 1 aromatic carbocycles. The zero-order valence-corrected chi connectivity index (χ0v) is 20.0. The fourth-order valence-electron chi connectivity index (χ4n) is 4.34. The number of aryl methyl sites for hydroxylation is 2. The molecule has 0 unspecified atom stereocenters. The number of carbonyl (C=O) groups is 1. The first-order chi connectivity index (χ1) is 15.9. The molecule has 0 bridgehead atoms. The first-order valence-corrected chi connectivity index (χ1v) is 11.3. The van der Waals surface area contributed by atoms with Crippen LogP contribution in [0.3, 0.4) is 0 Å². The van der Waals surface area contributed by atoms with Gasteiger partial charge in [-0.1, -0.05) is 23.4 Å². The van der Waals surface area contributed by atoms with Crippen LogP contribution in [0.4, 0.5) is 5.95 Å². The summed E-state index contributed by atoms with van der Waals surface area (Å²) in [6.07, 6.45) is 4.62. The van der Waals surface area contributed by atoms with Crippen molar-refractivity contribution in [3.05, 3.63) is 53.0 Å². The van der Waals surface area contributed by atoms with Crippen LogP contribution in [0, 0.1) is 13.8 Å². The number of methoxy groups -OCH3 is 1. The van der Waals surface area contributed by atoms with E-state index < -0.39 is 0 Å². The van der Waals surface area contributed by atoms with Gasteiger partial charge < -0.3 is 19.1 Å². The second-order valence-corrected chi connectivity index (χ2v) is 8.64. The van der Waals surface area contributed by atoms with Crippen LogP contribution in [0.25, 0.3) is 11.3 Å². The van der Waals surface area contributed by atoms with Crippen LogP contribution < -0.4 is 9.64 Å². The Morgan fingerprint density at radius 2 is 2.06 bits per heavy atom. The van der Waals surface area contributed by atoms with Crippen molar-refractivity contribution >= 4 is 11.9 Å². The molecular weight excluding hydrogens is 418 g/mol. The second-order valence-electron chi connectivity index (χ2n) is 8.64. The number of ether oxygens (including phenoxy) is 1. The van der Waals surface area contributed by atoms with E-state index >= 15 is 0 Å². The molecule has 1 saturated heterocycles. The van der Waals surface area contributed by atoms with Gasteiger partial charge in [-0.3, -0.25) is 4.79 Å². The van der Waals surface area contributed by atoms with E-state index in [-0.39, 0.29) is 11.9 Å². The topological polar surface area (TPSA) is 84.6 Å². The number of amides is 1. The van der Waals surface area contributed by atoms with E-state index in [1.165, 1.54) is 0 Å². The average molecular weight is 450 g/mol. The minimum absolute atomic E-state index is 0.116. The number of para-hydroxylation sites is 1. The van der Waals surface area contributed by atoms with Crippen LogP contribution in [0.1, 0.15) is 47.8 Å². The number of aromatic nitrogens is 3. The third kappa shape index (κ3) is 4.55. The lowest BCUT2D eigenvalue weighted by atomic mass is 10.0. The predicted molar refractivity (Wildman–Crippen MR) is 126 cm³/mol. The molecule has 3 heterocycles. The standard InChI is InChI=1S/C25H31N5O3/c1-16-17(2)28-33-24(16)19-15-26-25(29(3)4)27-23(19)20-10-8-14-30(20)22(31)13-12-18-9-6-7-11-21(18)32-5/h6-7,9,11,15,20H,8,10,12-14H2,1-5H3/t20-/m0/s1.